The molecule has 0 radical (unpaired) electrons. The first kappa shape index (κ1) is 20.1. The minimum atomic E-state index is -3.90. The van der Waals surface area contributed by atoms with Crippen molar-refractivity contribution in [2.45, 2.75) is 16.7 Å². The second-order valence-corrected chi connectivity index (χ2v) is 9.49. The molecule has 1 aromatic heterocycles. The zero-order valence-corrected chi connectivity index (χ0v) is 17.5. The summed E-state index contributed by atoms with van der Waals surface area (Å²) in [5, 5.41) is 21.0. The quantitative estimate of drug-likeness (QED) is 0.261. The van der Waals surface area contributed by atoms with Crippen molar-refractivity contribution >= 4 is 55.2 Å². The van der Waals surface area contributed by atoms with Gasteiger partial charge in [-0.05, 0) is 31.2 Å². The van der Waals surface area contributed by atoms with Crippen molar-refractivity contribution in [2.75, 3.05) is 10.5 Å². The number of aliphatic carboxylic acids is 1. The maximum Gasteiger partial charge on any atom is 0.313 e. The first-order valence-electron chi connectivity index (χ1n) is 8.97. The molecule has 0 bridgehead atoms. The number of aryl methyl sites for hydroxylation is 1. The summed E-state index contributed by atoms with van der Waals surface area (Å²) in [6.07, 6.45) is 0. The number of nitrogens with one attached hydrogen (secondary N) is 2. The number of H-pyrrole nitrogens is 1. The molecule has 0 aliphatic heterocycles. The Labute approximate surface area is 176 Å². The Kier molecular flexibility index (Phi) is 5.08. The summed E-state index contributed by atoms with van der Waals surface area (Å²) >= 11 is 0.922. The number of carbonyl (C=O) groups is 1. The molecule has 7 nitrogen and oxygen atoms in total. The molecule has 4 N–H and O–H groups in total. The van der Waals surface area contributed by atoms with Crippen molar-refractivity contribution in [2.24, 2.45) is 0 Å². The minimum absolute atomic E-state index is 0.0908. The lowest BCUT2D eigenvalue weighted by atomic mass is 10.1. The van der Waals surface area contributed by atoms with E-state index < -0.39 is 16.0 Å². The van der Waals surface area contributed by atoms with Crippen LogP contribution in [-0.4, -0.2) is 35.3 Å². The molecule has 0 saturated heterocycles. The Morgan fingerprint density at radius 2 is 1.83 bits per heavy atom. The van der Waals surface area contributed by atoms with Gasteiger partial charge in [-0.15, -0.1) is 11.8 Å². The van der Waals surface area contributed by atoms with Crippen LogP contribution in [0.2, 0.25) is 0 Å². The summed E-state index contributed by atoms with van der Waals surface area (Å²) < 4.78 is 28.5. The molecule has 0 saturated carbocycles. The van der Waals surface area contributed by atoms with Gasteiger partial charge < -0.3 is 15.2 Å². The van der Waals surface area contributed by atoms with Gasteiger partial charge in [0.05, 0.1) is 32.1 Å². The first-order chi connectivity index (χ1) is 14.3. The predicted octanol–water partition coefficient (Wildman–Crippen LogP) is 4.31. The third-order valence-corrected chi connectivity index (χ3v) is 7.04. The van der Waals surface area contributed by atoms with E-state index in [1.807, 2.05) is 25.1 Å². The molecular formula is C21H18N2O5S2. The van der Waals surface area contributed by atoms with Crippen LogP contribution in [0.1, 0.15) is 5.56 Å². The van der Waals surface area contributed by atoms with Crippen LogP contribution < -0.4 is 4.72 Å². The number of rotatable bonds is 6. The summed E-state index contributed by atoms with van der Waals surface area (Å²) in [5.74, 6) is -1.40. The van der Waals surface area contributed by atoms with Crippen molar-refractivity contribution in [1.29, 1.82) is 0 Å². The number of benzene rings is 3. The lowest BCUT2D eigenvalue weighted by Crippen LogP contribution is -2.13. The number of phenolic OH excluding ortho intramolecular Hbond substituents is 1. The van der Waals surface area contributed by atoms with Crippen molar-refractivity contribution in [1.82, 2.24) is 4.98 Å². The number of anilines is 1. The number of aromatic hydroxyl groups is 1. The third kappa shape index (κ3) is 3.69. The van der Waals surface area contributed by atoms with E-state index in [1.165, 1.54) is 18.2 Å². The Balaban J connectivity index is 1.90. The number of hydrogen-bond donors (Lipinski definition) is 4. The van der Waals surface area contributed by atoms with Gasteiger partial charge in [0.15, 0.2) is 0 Å². The number of aromatic amines is 1. The zero-order valence-electron chi connectivity index (χ0n) is 15.8. The fourth-order valence-corrected chi connectivity index (χ4v) is 5.02. The highest BCUT2D eigenvalue weighted by Gasteiger charge is 2.21. The van der Waals surface area contributed by atoms with E-state index >= 15 is 0 Å². The van der Waals surface area contributed by atoms with Gasteiger partial charge in [0.1, 0.15) is 5.75 Å². The van der Waals surface area contributed by atoms with Crippen LogP contribution in [-0.2, 0) is 14.8 Å². The number of phenols is 1. The van der Waals surface area contributed by atoms with Crippen LogP contribution in [0.5, 0.6) is 5.75 Å². The molecular weight excluding hydrogens is 424 g/mol. The Morgan fingerprint density at radius 3 is 2.53 bits per heavy atom. The highest BCUT2D eigenvalue weighted by Crippen LogP contribution is 2.43. The molecule has 0 aliphatic carbocycles. The van der Waals surface area contributed by atoms with Crippen molar-refractivity contribution < 1.29 is 23.4 Å². The Bertz CT molecular complexity index is 1380. The number of carboxylic acid groups (broad SMARTS) is 1. The van der Waals surface area contributed by atoms with Gasteiger partial charge in [-0.3, -0.25) is 9.52 Å². The highest BCUT2D eigenvalue weighted by molar-refractivity contribution is 8.00. The average Bonchev–Trinajstić information content (AvgIpc) is 3.09. The fraction of sp³-hybridized carbons (Fsp3) is 0.0952. The van der Waals surface area contributed by atoms with Crippen LogP contribution in [0.25, 0.3) is 21.8 Å². The van der Waals surface area contributed by atoms with E-state index in [1.54, 1.807) is 18.2 Å². The lowest BCUT2D eigenvalue weighted by Gasteiger charge is -2.13. The second-order valence-electron chi connectivity index (χ2n) is 6.79. The van der Waals surface area contributed by atoms with Crippen LogP contribution in [0, 0.1) is 6.92 Å². The molecule has 9 heteroatoms. The number of carboxylic acids is 1. The standard InChI is InChI=1S/C21H18N2O5S2/c1-12-6-8-13(9-7-12)30(27,28)23-16-10-17(29-11-18(24)25)21(26)19-14-4-2-3-5-15(14)22-20(16)19/h2-10,22-23,26H,11H2,1H3,(H,24,25). The molecule has 0 unspecified atom stereocenters. The molecule has 1 heterocycles. The Morgan fingerprint density at radius 1 is 1.13 bits per heavy atom. The predicted molar refractivity (Wildman–Crippen MR) is 118 cm³/mol. The zero-order chi connectivity index (χ0) is 21.5. The van der Waals surface area contributed by atoms with Crippen molar-refractivity contribution in [3.8, 4) is 5.75 Å². The van der Waals surface area contributed by atoms with Crippen molar-refractivity contribution in [3.05, 3.63) is 60.2 Å². The average molecular weight is 443 g/mol. The molecule has 0 spiro atoms. The molecule has 4 rings (SSSR count). The normalized spacial score (nSPS) is 11.8. The van der Waals surface area contributed by atoms with E-state index in [0.29, 0.717) is 16.3 Å². The molecule has 4 aromatic rings. The highest BCUT2D eigenvalue weighted by atomic mass is 32.2. The maximum absolute atomic E-state index is 12.9. The summed E-state index contributed by atoms with van der Waals surface area (Å²) in [5.41, 5.74) is 2.31. The third-order valence-electron chi connectivity index (χ3n) is 4.65. The largest absolute Gasteiger partial charge is 0.506 e. The SMILES string of the molecule is Cc1ccc(S(=O)(=O)Nc2cc(SCC(=O)O)c(O)c3c2[nH]c2ccccc23)cc1. The minimum Gasteiger partial charge on any atom is -0.506 e. The molecule has 3 aromatic carbocycles. The van der Waals surface area contributed by atoms with Crippen LogP contribution in [0.15, 0.2) is 64.4 Å². The van der Waals surface area contributed by atoms with Crippen molar-refractivity contribution in [3.63, 3.8) is 0 Å². The number of sulfonamides is 1. The van der Waals surface area contributed by atoms with Gasteiger partial charge in [-0.2, -0.15) is 0 Å². The molecule has 0 atom stereocenters. The molecule has 0 amide bonds. The first-order valence-corrected chi connectivity index (χ1v) is 11.4. The number of hydrogen-bond acceptors (Lipinski definition) is 5. The summed E-state index contributed by atoms with van der Waals surface area (Å²) in [6, 6.07) is 15.1. The van der Waals surface area contributed by atoms with Gasteiger partial charge in [0.25, 0.3) is 10.0 Å². The van der Waals surface area contributed by atoms with Gasteiger partial charge in [-0.25, -0.2) is 8.42 Å². The maximum atomic E-state index is 12.9. The van der Waals surface area contributed by atoms with E-state index in [4.69, 9.17) is 5.11 Å². The summed E-state index contributed by atoms with van der Waals surface area (Å²) in [7, 11) is -3.90. The number of aromatic nitrogens is 1. The summed E-state index contributed by atoms with van der Waals surface area (Å²) in [4.78, 5) is 14.5. The molecule has 30 heavy (non-hydrogen) atoms. The van der Waals surface area contributed by atoms with Crippen LogP contribution in [0.4, 0.5) is 5.69 Å². The van der Waals surface area contributed by atoms with Gasteiger partial charge in [0, 0.05) is 10.9 Å². The Hall–Kier alpha value is -3.17. The second kappa shape index (κ2) is 7.58. The topological polar surface area (TPSA) is 119 Å². The number of para-hydroxylation sites is 1. The van der Waals surface area contributed by atoms with Gasteiger partial charge in [0.2, 0.25) is 0 Å². The van der Waals surface area contributed by atoms with E-state index in [0.717, 1.165) is 22.8 Å². The number of thioether (sulfide) groups is 1. The molecule has 154 valence electrons. The van der Waals surface area contributed by atoms with E-state index in [2.05, 4.69) is 9.71 Å². The van der Waals surface area contributed by atoms with Crippen LogP contribution in [0.3, 0.4) is 0 Å². The lowest BCUT2D eigenvalue weighted by molar-refractivity contribution is -0.133. The molecule has 0 aliphatic rings. The smallest absolute Gasteiger partial charge is 0.313 e. The van der Waals surface area contributed by atoms with Gasteiger partial charge >= 0.3 is 5.97 Å². The fourth-order valence-electron chi connectivity index (χ4n) is 3.24. The number of fused-ring (bicyclic) bond motifs is 3. The van der Waals surface area contributed by atoms with E-state index in [9.17, 15) is 18.3 Å². The molecule has 0 fully saturated rings. The monoisotopic (exact) mass is 442 g/mol. The van der Waals surface area contributed by atoms with Crippen LogP contribution >= 0.6 is 11.8 Å². The van der Waals surface area contributed by atoms with Gasteiger partial charge in [-0.1, -0.05) is 35.9 Å². The summed E-state index contributed by atoms with van der Waals surface area (Å²) in [6.45, 7) is 1.86. The van der Waals surface area contributed by atoms with E-state index in [-0.39, 0.29) is 27.0 Å².